The number of nitrogens with one attached hydrogen (secondary N) is 1. The summed E-state index contributed by atoms with van der Waals surface area (Å²) in [7, 11) is 0. The van der Waals surface area contributed by atoms with Crippen LogP contribution in [0.1, 0.15) is 32.8 Å². The lowest BCUT2D eigenvalue weighted by atomic mass is 10.2. The molecule has 0 aliphatic rings. The van der Waals surface area contributed by atoms with Gasteiger partial charge in [0.2, 0.25) is 0 Å². The fourth-order valence-electron chi connectivity index (χ4n) is 1.90. The number of amides is 2. The molecule has 0 fully saturated rings. The monoisotopic (exact) mass is 347 g/mol. The van der Waals surface area contributed by atoms with Crippen LogP contribution in [0.3, 0.4) is 0 Å². The Morgan fingerprint density at radius 1 is 1.20 bits per heavy atom. The molecule has 1 aromatic rings. The Balaban J connectivity index is 2.45. The van der Waals surface area contributed by atoms with Gasteiger partial charge < -0.3 is 19.7 Å². The summed E-state index contributed by atoms with van der Waals surface area (Å²) in [5.74, 6) is 0. The van der Waals surface area contributed by atoms with Crippen molar-refractivity contribution in [3.8, 4) is 6.07 Å². The average molecular weight is 347 g/mol. The normalized spacial score (nSPS) is 10.5. The zero-order valence-electron chi connectivity index (χ0n) is 14.9. The molecule has 0 atom stereocenters. The van der Waals surface area contributed by atoms with Gasteiger partial charge in [-0.3, -0.25) is 0 Å². The topological polar surface area (TPSA) is 91.7 Å². The molecule has 1 N–H and O–H groups in total. The third kappa shape index (κ3) is 9.20. The van der Waals surface area contributed by atoms with Crippen LogP contribution in [0.5, 0.6) is 0 Å². The summed E-state index contributed by atoms with van der Waals surface area (Å²) in [6.07, 6.45) is -0.886. The summed E-state index contributed by atoms with van der Waals surface area (Å²) < 4.78 is 10.4. The summed E-state index contributed by atoms with van der Waals surface area (Å²) in [5.41, 5.74) is 0.294. The van der Waals surface area contributed by atoms with Crippen LogP contribution in [-0.2, 0) is 16.1 Å². The summed E-state index contributed by atoms with van der Waals surface area (Å²) >= 11 is 0. The molecule has 2 amide bonds. The van der Waals surface area contributed by atoms with Crippen LogP contribution in [0, 0.1) is 11.3 Å². The molecular weight excluding hydrogens is 322 g/mol. The van der Waals surface area contributed by atoms with Gasteiger partial charge in [-0.1, -0.05) is 30.3 Å². The maximum absolute atomic E-state index is 12.2. The van der Waals surface area contributed by atoms with E-state index in [0.29, 0.717) is 0 Å². The molecule has 136 valence electrons. The highest BCUT2D eigenvalue weighted by Gasteiger charge is 2.18. The quantitative estimate of drug-likeness (QED) is 0.818. The minimum Gasteiger partial charge on any atom is -0.445 e. The van der Waals surface area contributed by atoms with E-state index in [9.17, 15) is 9.59 Å². The van der Waals surface area contributed by atoms with E-state index in [0.717, 1.165) is 5.56 Å². The lowest BCUT2D eigenvalue weighted by Gasteiger charge is -2.23. The van der Waals surface area contributed by atoms with Gasteiger partial charge in [0.25, 0.3) is 0 Å². The molecule has 0 radical (unpaired) electrons. The number of rotatable bonds is 7. The highest BCUT2D eigenvalue weighted by Crippen LogP contribution is 2.06. The van der Waals surface area contributed by atoms with Gasteiger partial charge in [-0.2, -0.15) is 5.26 Å². The first-order valence-electron chi connectivity index (χ1n) is 8.11. The van der Waals surface area contributed by atoms with E-state index in [-0.39, 0.29) is 32.7 Å². The van der Waals surface area contributed by atoms with E-state index >= 15 is 0 Å². The Hall–Kier alpha value is -2.75. The van der Waals surface area contributed by atoms with Crippen molar-refractivity contribution >= 4 is 12.2 Å². The highest BCUT2D eigenvalue weighted by molar-refractivity contribution is 5.69. The molecule has 7 nitrogen and oxygen atoms in total. The summed E-state index contributed by atoms with van der Waals surface area (Å²) in [6.45, 7) is 6.14. The van der Waals surface area contributed by atoms with Crippen LogP contribution in [0.25, 0.3) is 0 Å². The molecule has 1 aromatic carbocycles. The fourth-order valence-corrected chi connectivity index (χ4v) is 1.90. The largest absolute Gasteiger partial charge is 0.445 e. The molecule has 0 unspecified atom stereocenters. The van der Waals surface area contributed by atoms with Crippen LogP contribution in [-0.4, -0.2) is 42.3 Å². The maximum Gasteiger partial charge on any atom is 0.410 e. The molecule has 0 bridgehead atoms. The Kier molecular flexibility index (Phi) is 8.27. The Morgan fingerprint density at radius 2 is 1.88 bits per heavy atom. The van der Waals surface area contributed by atoms with Crippen molar-refractivity contribution in [3.63, 3.8) is 0 Å². The SMILES string of the molecule is CC(C)(C)OC(=O)NCCN(CCC#N)C(=O)OCc1ccccc1. The first-order valence-corrected chi connectivity index (χ1v) is 8.11. The highest BCUT2D eigenvalue weighted by atomic mass is 16.6. The number of ether oxygens (including phenoxy) is 2. The van der Waals surface area contributed by atoms with E-state index in [1.807, 2.05) is 36.4 Å². The molecule has 0 spiro atoms. The van der Waals surface area contributed by atoms with Gasteiger partial charge in [-0.05, 0) is 26.3 Å². The molecule has 0 aliphatic carbocycles. The summed E-state index contributed by atoms with van der Waals surface area (Å²) in [6, 6.07) is 11.3. The number of carbonyl (C=O) groups is 2. The minimum atomic E-state index is -0.584. The maximum atomic E-state index is 12.2. The number of benzene rings is 1. The molecule has 0 aromatic heterocycles. The smallest absolute Gasteiger partial charge is 0.410 e. The summed E-state index contributed by atoms with van der Waals surface area (Å²) in [5, 5.41) is 11.3. The van der Waals surface area contributed by atoms with E-state index in [2.05, 4.69) is 5.32 Å². The number of carbonyl (C=O) groups excluding carboxylic acids is 2. The first kappa shape index (κ1) is 20.3. The Labute approximate surface area is 148 Å². The number of nitrogens with zero attached hydrogens (tertiary/aromatic N) is 2. The number of nitriles is 1. The third-order valence-corrected chi connectivity index (χ3v) is 3.01. The van der Waals surface area contributed by atoms with Crippen molar-refractivity contribution in [2.24, 2.45) is 0 Å². The molecule has 0 saturated carbocycles. The van der Waals surface area contributed by atoms with E-state index in [1.54, 1.807) is 20.8 Å². The van der Waals surface area contributed by atoms with Crippen LogP contribution >= 0.6 is 0 Å². The Morgan fingerprint density at radius 3 is 2.48 bits per heavy atom. The predicted molar refractivity (Wildman–Crippen MR) is 92.7 cm³/mol. The molecule has 1 rings (SSSR count). The minimum absolute atomic E-state index is 0.155. The van der Waals surface area contributed by atoms with Gasteiger partial charge in [-0.25, -0.2) is 9.59 Å². The molecule has 7 heteroatoms. The van der Waals surface area contributed by atoms with Gasteiger partial charge in [-0.15, -0.1) is 0 Å². The third-order valence-electron chi connectivity index (χ3n) is 3.01. The lowest BCUT2D eigenvalue weighted by Crippen LogP contribution is -2.40. The summed E-state index contributed by atoms with van der Waals surface area (Å²) in [4.78, 5) is 25.2. The zero-order chi connectivity index (χ0) is 18.7. The van der Waals surface area contributed by atoms with Gasteiger partial charge in [0, 0.05) is 19.6 Å². The van der Waals surface area contributed by atoms with Crippen LogP contribution in [0.15, 0.2) is 30.3 Å². The molecule has 0 saturated heterocycles. The van der Waals surface area contributed by atoms with Crippen molar-refractivity contribution in [2.45, 2.75) is 39.4 Å². The van der Waals surface area contributed by atoms with Crippen molar-refractivity contribution < 1.29 is 19.1 Å². The number of hydrogen-bond donors (Lipinski definition) is 1. The van der Waals surface area contributed by atoms with E-state index < -0.39 is 17.8 Å². The van der Waals surface area contributed by atoms with Crippen LogP contribution < -0.4 is 5.32 Å². The van der Waals surface area contributed by atoms with Gasteiger partial charge in [0.1, 0.15) is 12.2 Å². The molecule has 0 aliphatic heterocycles. The van der Waals surface area contributed by atoms with Crippen molar-refractivity contribution in [1.29, 1.82) is 5.26 Å². The van der Waals surface area contributed by atoms with E-state index in [1.165, 1.54) is 4.90 Å². The van der Waals surface area contributed by atoms with Crippen LogP contribution in [0.2, 0.25) is 0 Å². The van der Waals surface area contributed by atoms with Crippen LogP contribution in [0.4, 0.5) is 9.59 Å². The van der Waals surface area contributed by atoms with Crippen molar-refractivity contribution in [2.75, 3.05) is 19.6 Å². The predicted octanol–water partition coefficient (Wildman–Crippen LogP) is 3.06. The van der Waals surface area contributed by atoms with Gasteiger partial charge >= 0.3 is 12.2 Å². The first-order chi connectivity index (χ1) is 11.8. The second-order valence-corrected chi connectivity index (χ2v) is 6.36. The average Bonchev–Trinajstić information content (AvgIpc) is 2.55. The number of alkyl carbamates (subject to hydrolysis) is 1. The standard InChI is InChI=1S/C18H25N3O4/c1-18(2,3)25-16(22)20-11-13-21(12-7-10-19)17(23)24-14-15-8-5-4-6-9-15/h4-6,8-9H,7,11-14H2,1-3H3,(H,20,22). The lowest BCUT2D eigenvalue weighted by molar-refractivity contribution is 0.0515. The Bertz CT molecular complexity index is 591. The molecule has 0 heterocycles. The fraction of sp³-hybridized carbons (Fsp3) is 0.500. The molecular formula is C18H25N3O4. The second-order valence-electron chi connectivity index (χ2n) is 6.36. The second kappa shape index (κ2) is 10.2. The number of hydrogen-bond acceptors (Lipinski definition) is 5. The van der Waals surface area contributed by atoms with Crippen molar-refractivity contribution in [1.82, 2.24) is 10.2 Å². The van der Waals surface area contributed by atoms with Gasteiger partial charge in [0.15, 0.2) is 0 Å². The van der Waals surface area contributed by atoms with Crippen molar-refractivity contribution in [3.05, 3.63) is 35.9 Å². The van der Waals surface area contributed by atoms with Gasteiger partial charge in [0.05, 0.1) is 12.5 Å². The zero-order valence-corrected chi connectivity index (χ0v) is 14.9. The molecule has 25 heavy (non-hydrogen) atoms. The van der Waals surface area contributed by atoms with E-state index in [4.69, 9.17) is 14.7 Å².